The second kappa shape index (κ2) is 14.5. The highest BCUT2D eigenvalue weighted by Crippen LogP contribution is 2.32. The predicted molar refractivity (Wildman–Crippen MR) is 185 cm³/mol. The molecule has 1 atom stereocenters. The minimum atomic E-state index is -0.544. The lowest BCUT2D eigenvalue weighted by molar-refractivity contribution is 0.0184. The van der Waals surface area contributed by atoms with Crippen LogP contribution in [-0.2, 0) is 4.74 Å². The zero-order chi connectivity index (χ0) is 33.7. The Morgan fingerprint density at radius 1 is 1.13 bits per heavy atom. The average molecular weight is 680 g/mol. The first kappa shape index (κ1) is 33.9. The first-order valence-electron chi connectivity index (χ1n) is 15.2. The molecule has 246 valence electrons. The van der Waals surface area contributed by atoms with Crippen LogP contribution in [0.25, 0.3) is 10.9 Å². The Bertz CT molecular complexity index is 1830. The van der Waals surface area contributed by atoms with Crippen LogP contribution < -0.4 is 10.6 Å². The number of likely N-dealkylation sites (tertiary alicyclic amines) is 1. The van der Waals surface area contributed by atoms with Crippen LogP contribution in [0.2, 0.25) is 5.02 Å². The molecule has 2 aromatic carbocycles. The topological polar surface area (TPSA) is 110 Å². The molecule has 1 amide bonds. The molecule has 0 aliphatic carbocycles. The third-order valence-electron chi connectivity index (χ3n) is 7.55. The normalized spacial score (nSPS) is 15.2. The van der Waals surface area contributed by atoms with Crippen molar-refractivity contribution in [2.24, 2.45) is 0 Å². The average Bonchev–Trinajstić information content (AvgIpc) is 3.53. The van der Waals surface area contributed by atoms with Crippen LogP contribution in [0.4, 0.5) is 26.4 Å². The summed E-state index contributed by atoms with van der Waals surface area (Å²) >= 11 is 12.3. The highest BCUT2D eigenvalue weighted by Gasteiger charge is 2.29. The van der Waals surface area contributed by atoms with Crippen molar-refractivity contribution in [2.75, 3.05) is 23.7 Å². The van der Waals surface area contributed by atoms with Crippen molar-refractivity contribution in [1.29, 1.82) is 0 Å². The lowest BCUT2D eigenvalue weighted by atomic mass is 10.0. The molecule has 5 rings (SSSR count). The molecule has 1 aliphatic rings. The van der Waals surface area contributed by atoms with Gasteiger partial charge in [0.1, 0.15) is 29.3 Å². The van der Waals surface area contributed by atoms with Crippen LogP contribution in [0.1, 0.15) is 58.3 Å². The maximum Gasteiger partial charge on any atom is 0.410 e. The molecule has 2 N–H and O–H groups in total. The van der Waals surface area contributed by atoms with Gasteiger partial charge in [-0.1, -0.05) is 47.1 Å². The molecule has 1 aliphatic heterocycles. The Morgan fingerprint density at radius 2 is 1.87 bits per heavy atom. The second-order valence-electron chi connectivity index (χ2n) is 12.2. The lowest BCUT2D eigenvalue weighted by Gasteiger charge is -2.33. The summed E-state index contributed by atoms with van der Waals surface area (Å²) in [6.07, 6.45) is 9.92. The number of carbonyl (C=O) groups excluding carboxylic acids is 1. The third kappa shape index (κ3) is 8.66. The number of nitrogens with zero attached hydrogens (tertiary/aromatic N) is 6. The van der Waals surface area contributed by atoms with E-state index in [2.05, 4.69) is 37.5 Å². The molecule has 3 heterocycles. The molecular weight excluding hydrogens is 642 g/mol. The van der Waals surface area contributed by atoms with Gasteiger partial charge in [-0.2, -0.15) is 0 Å². The molecule has 47 heavy (non-hydrogen) atoms. The number of nitrogens with one attached hydrogen (secondary N) is 2. The first-order chi connectivity index (χ1) is 22.4. The Hall–Kier alpha value is -4.48. The molecule has 13 heteroatoms. The molecule has 0 bridgehead atoms. The summed E-state index contributed by atoms with van der Waals surface area (Å²) in [6, 6.07) is 9.70. The van der Waals surface area contributed by atoms with Crippen molar-refractivity contribution in [3.63, 3.8) is 0 Å². The van der Waals surface area contributed by atoms with Crippen molar-refractivity contribution >= 4 is 57.4 Å². The van der Waals surface area contributed by atoms with Gasteiger partial charge in [-0.25, -0.2) is 23.8 Å². The van der Waals surface area contributed by atoms with Gasteiger partial charge in [0.2, 0.25) is 0 Å². The van der Waals surface area contributed by atoms with Crippen molar-refractivity contribution in [2.45, 2.75) is 58.2 Å². The fourth-order valence-electron chi connectivity index (χ4n) is 5.10. The van der Waals surface area contributed by atoms with Gasteiger partial charge in [0, 0.05) is 34.9 Å². The zero-order valence-electron chi connectivity index (χ0n) is 26.7. The number of halogens is 3. The second-order valence-corrected chi connectivity index (χ2v) is 13.0. The molecule has 0 saturated carbocycles. The van der Waals surface area contributed by atoms with E-state index in [1.807, 2.05) is 62.8 Å². The highest BCUT2D eigenvalue weighted by atomic mass is 35.5. The molecular formula is C34H37Cl2FN8O2. The number of anilines is 3. The number of allylic oxidation sites excluding steroid dienone is 3. The lowest BCUT2D eigenvalue weighted by Crippen LogP contribution is -2.42. The van der Waals surface area contributed by atoms with E-state index in [0.717, 1.165) is 23.9 Å². The van der Waals surface area contributed by atoms with Crippen molar-refractivity contribution in [3.8, 4) is 0 Å². The fourth-order valence-corrected chi connectivity index (χ4v) is 5.34. The molecule has 0 spiro atoms. The molecule has 2 aromatic heterocycles. The number of hydrogen-bond donors (Lipinski definition) is 2. The first-order valence-corrected chi connectivity index (χ1v) is 16.0. The summed E-state index contributed by atoms with van der Waals surface area (Å²) in [5.74, 6) is 0.0237. The Balaban J connectivity index is 1.38. The number of benzene rings is 2. The number of fused-ring (bicyclic) bond motifs is 1. The largest absolute Gasteiger partial charge is 0.444 e. The summed E-state index contributed by atoms with van der Waals surface area (Å²) in [5, 5.41) is 17.1. The highest BCUT2D eigenvalue weighted by molar-refractivity contribution is 6.31. The van der Waals surface area contributed by atoms with Crippen LogP contribution >= 0.6 is 23.2 Å². The van der Waals surface area contributed by atoms with E-state index in [-0.39, 0.29) is 17.2 Å². The van der Waals surface area contributed by atoms with E-state index in [9.17, 15) is 9.18 Å². The van der Waals surface area contributed by atoms with Crippen LogP contribution in [0.15, 0.2) is 84.3 Å². The molecule has 4 aromatic rings. The maximum atomic E-state index is 13.7. The Labute approximate surface area is 283 Å². The standard InChI is InChI=1S/C34H37Cl2FN8O2/c1-6-22(35)8-7-21(2)31(30-19-45(43-42-30)25-13-15-44(16-14-25)33(46)47-34(3,4)5)40-23-10-12-29-26(17-23)32(39-20-38-29)41-24-9-11-28(37)27(36)18-24/h6-12,17-20,25,31,40H,2,13-16H2,1,3-5H3,(H,38,39,41)/b8-7-,22-6+/t31-/m0/s1. The number of aromatic nitrogens is 5. The number of carbonyl (C=O) groups is 1. The smallest absolute Gasteiger partial charge is 0.410 e. The molecule has 0 unspecified atom stereocenters. The Kier molecular flexibility index (Phi) is 10.5. The summed E-state index contributed by atoms with van der Waals surface area (Å²) in [5.41, 5.74) is 2.87. The van der Waals surface area contributed by atoms with Gasteiger partial charge in [-0.3, -0.25) is 0 Å². The molecule has 1 saturated heterocycles. The van der Waals surface area contributed by atoms with Gasteiger partial charge in [-0.15, -0.1) is 5.10 Å². The molecule has 0 radical (unpaired) electrons. The summed E-state index contributed by atoms with van der Waals surface area (Å²) in [7, 11) is 0. The Morgan fingerprint density at radius 3 is 2.57 bits per heavy atom. The number of rotatable bonds is 9. The number of ether oxygens (including phenoxy) is 1. The fraction of sp³-hybridized carbons (Fsp3) is 0.324. The summed E-state index contributed by atoms with van der Waals surface area (Å²) in [6.45, 7) is 12.9. The molecule has 1 fully saturated rings. The zero-order valence-corrected chi connectivity index (χ0v) is 28.2. The van der Waals surface area contributed by atoms with Gasteiger partial charge in [0.15, 0.2) is 0 Å². The van der Waals surface area contributed by atoms with E-state index in [1.165, 1.54) is 18.5 Å². The summed E-state index contributed by atoms with van der Waals surface area (Å²) < 4.78 is 21.1. The van der Waals surface area contributed by atoms with Crippen LogP contribution in [0.3, 0.4) is 0 Å². The van der Waals surface area contributed by atoms with Crippen molar-refractivity contribution < 1.29 is 13.9 Å². The van der Waals surface area contributed by atoms with Crippen LogP contribution in [-0.4, -0.2) is 54.6 Å². The van der Waals surface area contributed by atoms with E-state index in [1.54, 1.807) is 23.1 Å². The predicted octanol–water partition coefficient (Wildman–Crippen LogP) is 8.74. The van der Waals surface area contributed by atoms with E-state index >= 15 is 0 Å². The van der Waals surface area contributed by atoms with Crippen molar-refractivity contribution in [3.05, 3.63) is 101 Å². The minimum absolute atomic E-state index is 0.00443. The number of hydrogen-bond acceptors (Lipinski definition) is 8. The molecule has 10 nitrogen and oxygen atoms in total. The van der Waals surface area contributed by atoms with Crippen LogP contribution in [0, 0.1) is 5.82 Å². The summed E-state index contributed by atoms with van der Waals surface area (Å²) in [4.78, 5) is 23.1. The number of piperidine rings is 1. The van der Waals surface area contributed by atoms with E-state index < -0.39 is 17.5 Å². The van der Waals surface area contributed by atoms with Crippen LogP contribution in [0.5, 0.6) is 0 Å². The van der Waals surface area contributed by atoms with E-state index in [0.29, 0.717) is 46.4 Å². The monoisotopic (exact) mass is 678 g/mol. The van der Waals surface area contributed by atoms with E-state index in [4.69, 9.17) is 27.9 Å². The van der Waals surface area contributed by atoms with Gasteiger partial charge < -0.3 is 20.3 Å². The quantitative estimate of drug-likeness (QED) is 0.169. The van der Waals surface area contributed by atoms with Gasteiger partial charge in [-0.05, 0) is 88.6 Å². The maximum absolute atomic E-state index is 13.7. The number of amides is 1. The SMILES string of the molecule is C=C(/C=C\C(Cl)=C/C)[C@H](Nc1ccc2ncnc(Nc3ccc(F)c(Cl)c3)c2c1)c1cn(C2CCN(C(=O)OC(C)(C)C)CC2)nn1. The van der Waals surface area contributed by atoms with Gasteiger partial charge >= 0.3 is 6.09 Å². The van der Waals surface area contributed by atoms with Gasteiger partial charge in [0.25, 0.3) is 0 Å². The van der Waals surface area contributed by atoms with Crippen molar-refractivity contribution in [1.82, 2.24) is 29.9 Å². The third-order valence-corrected chi connectivity index (χ3v) is 8.18. The minimum Gasteiger partial charge on any atom is -0.444 e. The van der Waals surface area contributed by atoms with Gasteiger partial charge in [0.05, 0.1) is 28.8 Å².